The van der Waals surface area contributed by atoms with Gasteiger partial charge in [-0.3, -0.25) is 4.98 Å². The van der Waals surface area contributed by atoms with Crippen molar-refractivity contribution in [2.24, 2.45) is 0 Å². The minimum Gasteiger partial charge on any atom is -0.473 e. The van der Waals surface area contributed by atoms with Crippen molar-refractivity contribution in [3.63, 3.8) is 0 Å². The molecule has 0 atom stereocenters. The van der Waals surface area contributed by atoms with E-state index < -0.39 is 11.9 Å². The van der Waals surface area contributed by atoms with Crippen molar-refractivity contribution in [1.82, 2.24) is 24.6 Å². The van der Waals surface area contributed by atoms with E-state index >= 15 is 0 Å². The van der Waals surface area contributed by atoms with Crippen LogP contribution >= 0.6 is 23.4 Å². The van der Waals surface area contributed by atoms with Crippen molar-refractivity contribution < 1.29 is 19.8 Å². The Morgan fingerprint density at radius 2 is 1.66 bits per heavy atom. The summed E-state index contributed by atoms with van der Waals surface area (Å²) in [6, 6.07) is 11.9. The average molecular weight is 478 g/mol. The highest BCUT2D eigenvalue weighted by molar-refractivity contribution is 7.98. The van der Waals surface area contributed by atoms with Gasteiger partial charge in [-0.25, -0.2) is 9.59 Å². The number of halogens is 1. The van der Waals surface area contributed by atoms with Crippen molar-refractivity contribution in [3.05, 3.63) is 59.4 Å². The molecule has 0 fully saturated rings. The molecule has 3 rings (SSSR count). The Bertz CT molecular complexity index is 1000. The number of aromatic nitrogens is 4. The Hall–Kier alpha value is -2.95. The van der Waals surface area contributed by atoms with Crippen molar-refractivity contribution in [1.29, 1.82) is 0 Å². The molecule has 2 aromatic heterocycles. The third-order valence-electron chi connectivity index (χ3n) is 4.11. The number of aliphatic carboxylic acids is 2. The lowest BCUT2D eigenvalue weighted by atomic mass is 10.2. The zero-order valence-electron chi connectivity index (χ0n) is 17.7. The molecule has 1 aromatic carbocycles. The largest absolute Gasteiger partial charge is 0.473 e. The fraction of sp³-hybridized carbons (Fsp3) is 0.286. The van der Waals surface area contributed by atoms with Gasteiger partial charge in [0.1, 0.15) is 0 Å². The van der Waals surface area contributed by atoms with E-state index in [9.17, 15) is 0 Å². The molecule has 0 aliphatic carbocycles. The van der Waals surface area contributed by atoms with Crippen LogP contribution in [0.3, 0.4) is 0 Å². The second-order valence-electron chi connectivity index (χ2n) is 6.88. The molecule has 0 amide bonds. The number of rotatable bonds is 8. The number of thioether (sulfide) groups is 1. The van der Waals surface area contributed by atoms with Crippen LogP contribution in [0.5, 0.6) is 0 Å². The molecule has 11 heteroatoms. The summed E-state index contributed by atoms with van der Waals surface area (Å²) < 4.78 is 2.21. The van der Waals surface area contributed by atoms with Crippen LogP contribution in [0.1, 0.15) is 12.0 Å². The Morgan fingerprint density at radius 1 is 1.03 bits per heavy atom. The molecule has 0 spiro atoms. The normalized spacial score (nSPS) is 10.5. The second kappa shape index (κ2) is 12.8. The van der Waals surface area contributed by atoms with Gasteiger partial charge in [0.15, 0.2) is 11.0 Å². The lowest BCUT2D eigenvalue weighted by Crippen LogP contribution is -2.15. The summed E-state index contributed by atoms with van der Waals surface area (Å²) in [5, 5.41) is 25.4. The van der Waals surface area contributed by atoms with Crippen molar-refractivity contribution in [3.8, 4) is 11.4 Å². The van der Waals surface area contributed by atoms with E-state index in [1.165, 1.54) is 5.56 Å². The first kappa shape index (κ1) is 25.3. The van der Waals surface area contributed by atoms with Gasteiger partial charge in [-0.2, -0.15) is 0 Å². The number of carbonyl (C=O) groups is 2. The van der Waals surface area contributed by atoms with E-state index in [0.717, 1.165) is 46.8 Å². The molecule has 0 radical (unpaired) electrons. The third-order valence-corrected chi connectivity index (χ3v) is 5.40. The van der Waals surface area contributed by atoms with E-state index in [-0.39, 0.29) is 0 Å². The molecule has 0 aliphatic rings. The molecule has 0 saturated carbocycles. The Labute approximate surface area is 195 Å². The molecule has 0 aliphatic heterocycles. The monoisotopic (exact) mass is 477 g/mol. The fourth-order valence-electron chi connectivity index (χ4n) is 2.59. The number of hydrogen-bond acceptors (Lipinski definition) is 7. The fourth-order valence-corrected chi connectivity index (χ4v) is 3.63. The molecule has 0 unspecified atom stereocenters. The van der Waals surface area contributed by atoms with Crippen LogP contribution in [0.15, 0.2) is 53.9 Å². The first-order chi connectivity index (χ1) is 15.3. The minimum atomic E-state index is -1.82. The zero-order chi connectivity index (χ0) is 23.5. The summed E-state index contributed by atoms with van der Waals surface area (Å²) in [5.41, 5.74) is 2.25. The van der Waals surface area contributed by atoms with Crippen molar-refractivity contribution in [2.45, 2.75) is 23.9 Å². The lowest BCUT2D eigenvalue weighted by Gasteiger charge is -2.13. The summed E-state index contributed by atoms with van der Waals surface area (Å²) >= 11 is 7.66. The molecule has 170 valence electrons. The topological polar surface area (TPSA) is 121 Å². The van der Waals surface area contributed by atoms with Crippen LogP contribution in [0.2, 0.25) is 5.02 Å². The van der Waals surface area contributed by atoms with Gasteiger partial charge >= 0.3 is 11.9 Å². The maximum absolute atomic E-state index is 9.10. The second-order valence-corrected chi connectivity index (χ2v) is 8.25. The molecule has 0 bridgehead atoms. The molecule has 3 aromatic rings. The van der Waals surface area contributed by atoms with Gasteiger partial charge in [-0.15, -0.1) is 10.2 Å². The van der Waals surface area contributed by atoms with Gasteiger partial charge in [-0.05, 0) is 56.9 Å². The first-order valence-corrected chi connectivity index (χ1v) is 11.0. The smallest absolute Gasteiger partial charge is 0.414 e. The highest BCUT2D eigenvalue weighted by atomic mass is 35.5. The Balaban J connectivity index is 0.000000534. The van der Waals surface area contributed by atoms with Gasteiger partial charge in [0, 0.05) is 35.3 Å². The lowest BCUT2D eigenvalue weighted by molar-refractivity contribution is -0.159. The molecular formula is C21H24ClN5O4S. The number of benzene rings is 1. The Kier molecular flexibility index (Phi) is 10.1. The van der Waals surface area contributed by atoms with E-state index in [4.69, 9.17) is 31.4 Å². The molecule has 0 saturated heterocycles. The maximum Gasteiger partial charge on any atom is 0.414 e. The highest BCUT2D eigenvalue weighted by Gasteiger charge is 2.14. The van der Waals surface area contributed by atoms with Crippen LogP contribution in [0.4, 0.5) is 0 Å². The SMILES string of the molecule is CN(C)CCCn1c(SCc2ccc(Cl)cc2)nnc1-c1ccncc1.O=C(O)C(=O)O. The quantitative estimate of drug-likeness (QED) is 0.371. The summed E-state index contributed by atoms with van der Waals surface area (Å²) in [4.78, 5) is 24.5. The summed E-state index contributed by atoms with van der Waals surface area (Å²) in [6.07, 6.45) is 4.61. The molecule has 2 heterocycles. The highest BCUT2D eigenvalue weighted by Crippen LogP contribution is 2.27. The molecular weight excluding hydrogens is 454 g/mol. The number of carboxylic acids is 2. The number of carboxylic acid groups (broad SMARTS) is 2. The van der Waals surface area contributed by atoms with E-state index in [1.54, 1.807) is 24.2 Å². The standard InChI is InChI=1S/C19H22ClN5S.C2H2O4/c1-24(2)12-3-13-25-18(16-8-10-21-11-9-16)22-23-19(25)26-14-15-4-6-17(20)7-5-15;3-1(4)2(5)6/h4-11H,3,12-14H2,1-2H3;(H,3,4)(H,5,6). The van der Waals surface area contributed by atoms with Gasteiger partial charge in [0.05, 0.1) is 0 Å². The van der Waals surface area contributed by atoms with Crippen molar-refractivity contribution in [2.75, 3.05) is 20.6 Å². The van der Waals surface area contributed by atoms with Gasteiger partial charge in [0.2, 0.25) is 0 Å². The molecule has 9 nitrogen and oxygen atoms in total. The number of hydrogen-bond donors (Lipinski definition) is 2. The average Bonchev–Trinajstić information content (AvgIpc) is 3.17. The van der Waals surface area contributed by atoms with E-state index in [2.05, 4.69) is 38.7 Å². The predicted octanol–water partition coefficient (Wildman–Crippen LogP) is 3.39. The number of pyridine rings is 1. The van der Waals surface area contributed by atoms with Gasteiger partial charge < -0.3 is 19.7 Å². The van der Waals surface area contributed by atoms with E-state index in [0.29, 0.717) is 0 Å². The third kappa shape index (κ3) is 8.29. The van der Waals surface area contributed by atoms with Crippen LogP contribution < -0.4 is 0 Å². The molecule has 32 heavy (non-hydrogen) atoms. The first-order valence-electron chi connectivity index (χ1n) is 9.59. The van der Waals surface area contributed by atoms with Crippen molar-refractivity contribution >= 4 is 35.3 Å². The van der Waals surface area contributed by atoms with Crippen LogP contribution in [-0.2, 0) is 21.9 Å². The maximum atomic E-state index is 9.10. The number of nitrogens with zero attached hydrogens (tertiary/aromatic N) is 5. The minimum absolute atomic E-state index is 0.755. The molecule has 2 N–H and O–H groups in total. The zero-order valence-corrected chi connectivity index (χ0v) is 19.3. The van der Waals surface area contributed by atoms with Crippen LogP contribution in [0, 0.1) is 0 Å². The van der Waals surface area contributed by atoms with Gasteiger partial charge in [-0.1, -0.05) is 35.5 Å². The Morgan fingerprint density at radius 3 is 2.22 bits per heavy atom. The summed E-state index contributed by atoms with van der Waals surface area (Å²) in [7, 11) is 4.18. The summed E-state index contributed by atoms with van der Waals surface area (Å²) in [5.74, 6) is -1.92. The van der Waals surface area contributed by atoms with Gasteiger partial charge in [0.25, 0.3) is 0 Å². The van der Waals surface area contributed by atoms with Crippen LogP contribution in [0.25, 0.3) is 11.4 Å². The van der Waals surface area contributed by atoms with Crippen LogP contribution in [-0.4, -0.2) is 67.4 Å². The van der Waals surface area contributed by atoms with E-state index in [1.807, 2.05) is 36.4 Å². The predicted molar refractivity (Wildman–Crippen MR) is 123 cm³/mol. The summed E-state index contributed by atoms with van der Waals surface area (Å²) in [6.45, 7) is 1.90.